The Morgan fingerprint density at radius 2 is 2.11 bits per heavy atom. The molecule has 0 aliphatic carbocycles. The molecule has 3 atom stereocenters. The Bertz CT molecular complexity index is 810. The molecule has 2 fully saturated rings. The molecule has 156 valence electrons. The van der Waals surface area contributed by atoms with Crippen LogP contribution in [0.3, 0.4) is 0 Å². The second-order valence-electron chi connectivity index (χ2n) is 7.89. The topological polar surface area (TPSA) is 98.8 Å². The van der Waals surface area contributed by atoms with E-state index in [0.717, 1.165) is 11.1 Å². The van der Waals surface area contributed by atoms with Crippen molar-refractivity contribution >= 4 is 33.2 Å². The van der Waals surface area contributed by atoms with Crippen molar-refractivity contribution in [2.45, 2.75) is 44.9 Å². The van der Waals surface area contributed by atoms with Gasteiger partial charge in [0, 0.05) is 49.1 Å². The Morgan fingerprint density at radius 3 is 2.71 bits per heavy atom. The summed E-state index contributed by atoms with van der Waals surface area (Å²) in [6.07, 6.45) is 1.74. The molecule has 0 spiro atoms. The molecule has 0 unspecified atom stereocenters. The van der Waals surface area contributed by atoms with Gasteiger partial charge in [0.25, 0.3) is 0 Å². The number of nitrogens with zero attached hydrogens (tertiary/aromatic N) is 2. The van der Waals surface area contributed by atoms with Gasteiger partial charge in [-0.2, -0.15) is 0 Å². The van der Waals surface area contributed by atoms with Gasteiger partial charge in [-0.3, -0.25) is 14.5 Å². The molecule has 0 bridgehead atoms. The van der Waals surface area contributed by atoms with Crippen molar-refractivity contribution in [2.75, 3.05) is 25.9 Å². The first-order chi connectivity index (χ1) is 13.1. The highest BCUT2D eigenvalue weighted by molar-refractivity contribution is 7.88. The number of fused-ring (bicyclic) bond motifs is 1. The second-order valence-corrected chi connectivity index (χ2v) is 10.7. The van der Waals surface area contributed by atoms with Crippen LogP contribution in [0.25, 0.3) is 0 Å². The van der Waals surface area contributed by atoms with Crippen molar-refractivity contribution in [1.29, 1.82) is 0 Å². The Balaban J connectivity index is 1.75. The van der Waals surface area contributed by atoms with E-state index < -0.39 is 16.1 Å². The number of thiophene rings is 1. The van der Waals surface area contributed by atoms with Crippen LogP contribution in [-0.4, -0.2) is 74.0 Å². The number of rotatable bonds is 7. The predicted molar refractivity (Wildman–Crippen MR) is 108 cm³/mol. The molecule has 2 aliphatic rings. The summed E-state index contributed by atoms with van der Waals surface area (Å²) in [5, 5.41) is 4.89. The number of nitrogens with one attached hydrogen (secondary N) is 2. The minimum Gasteiger partial charge on any atom is -0.354 e. The van der Waals surface area contributed by atoms with Gasteiger partial charge in [-0.25, -0.2) is 13.1 Å². The van der Waals surface area contributed by atoms with Gasteiger partial charge in [-0.1, -0.05) is 19.9 Å². The smallest absolute Gasteiger partial charge is 0.242 e. The van der Waals surface area contributed by atoms with Crippen LogP contribution in [0, 0.1) is 5.92 Å². The van der Waals surface area contributed by atoms with Crippen molar-refractivity contribution in [3.05, 3.63) is 22.4 Å². The van der Waals surface area contributed by atoms with E-state index in [1.54, 1.807) is 16.2 Å². The Hall–Kier alpha value is -1.49. The lowest BCUT2D eigenvalue weighted by molar-refractivity contribution is -0.144. The molecule has 2 aliphatic heterocycles. The van der Waals surface area contributed by atoms with E-state index in [2.05, 4.69) is 14.9 Å². The highest BCUT2D eigenvalue weighted by Crippen LogP contribution is 2.28. The van der Waals surface area contributed by atoms with Gasteiger partial charge in [-0.05, 0) is 17.9 Å². The fraction of sp³-hybridized carbons (Fsp3) is 0.667. The number of hydrogen-bond acceptors (Lipinski definition) is 6. The second kappa shape index (κ2) is 8.48. The number of hydrogen-bond donors (Lipinski definition) is 2. The van der Waals surface area contributed by atoms with Crippen LogP contribution < -0.4 is 10.0 Å². The van der Waals surface area contributed by atoms with Crippen LogP contribution in [0.5, 0.6) is 0 Å². The summed E-state index contributed by atoms with van der Waals surface area (Å²) in [6.45, 7) is 5.57. The molecule has 28 heavy (non-hydrogen) atoms. The van der Waals surface area contributed by atoms with E-state index in [1.165, 1.54) is 0 Å². The average Bonchev–Trinajstić information content (AvgIpc) is 3.22. The predicted octanol–water partition coefficient (Wildman–Crippen LogP) is 0.223. The van der Waals surface area contributed by atoms with E-state index in [9.17, 15) is 18.0 Å². The van der Waals surface area contributed by atoms with Gasteiger partial charge in [0.05, 0.1) is 6.26 Å². The maximum atomic E-state index is 13.2. The molecule has 2 N–H and O–H groups in total. The first kappa shape index (κ1) is 21.2. The molecule has 0 aromatic carbocycles. The molecule has 3 heterocycles. The van der Waals surface area contributed by atoms with Crippen LogP contribution in [0.1, 0.15) is 25.1 Å². The van der Waals surface area contributed by atoms with E-state index in [-0.39, 0.29) is 36.4 Å². The number of amides is 2. The Morgan fingerprint density at radius 1 is 1.36 bits per heavy atom. The minimum absolute atomic E-state index is 0.0243. The third-order valence-corrected chi connectivity index (χ3v) is 6.81. The van der Waals surface area contributed by atoms with Gasteiger partial charge in [0.15, 0.2) is 0 Å². The van der Waals surface area contributed by atoms with Crippen LogP contribution in [-0.2, 0) is 26.2 Å². The zero-order valence-electron chi connectivity index (χ0n) is 16.4. The SMILES string of the molecule is CC(C)C(=O)NC[C@H]1C(=O)N2C[C@@H](NS(C)(=O)=O)C[C@H]2CN1Cc1cccs1. The summed E-state index contributed by atoms with van der Waals surface area (Å²) in [4.78, 5) is 30.3. The van der Waals surface area contributed by atoms with Gasteiger partial charge in [-0.15, -0.1) is 11.3 Å². The minimum atomic E-state index is -3.32. The third kappa shape index (κ3) is 5.11. The van der Waals surface area contributed by atoms with Crippen LogP contribution in [0.15, 0.2) is 17.5 Å². The van der Waals surface area contributed by atoms with Gasteiger partial charge < -0.3 is 10.2 Å². The fourth-order valence-electron chi connectivity index (χ4n) is 3.89. The monoisotopic (exact) mass is 428 g/mol. The van der Waals surface area contributed by atoms with Gasteiger partial charge in [0.2, 0.25) is 21.8 Å². The van der Waals surface area contributed by atoms with E-state index in [0.29, 0.717) is 26.1 Å². The number of piperazine rings is 1. The Labute approximate surface area is 170 Å². The summed E-state index contributed by atoms with van der Waals surface area (Å²) in [6, 6.07) is 3.28. The lowest BCUT2D eigenvalue weighted by atomic mass is 10.0. The maximum Gasteiger partial charge on any atom is 0.242 e. The quantitative estimate of drug-likeness (QED) is 0.648. The number of carbonyl (C=O) groups is 2. The van der Waals surface area contributed by atoms with E-state index in [1.807, 2.05) is 31.4 Å². The molecular formula is C18H28N4O4S2. The number of sulfonamides is 1. The molecule has 8 nitrogen and oxygen atoms in total. The summed E-state index contributed by atoms with van der Waals surface area (Å²) < 4.78 is 25.8. The summed E-state index contributed by atoms with van der Waals surface area (Å²) in [7, 11) is -3.32. The van der Waals surface area contributed by atoms with Crippen molar-refractivity contribution in [3.63, 3.8) is 0 Å². The van der Waals surface area contributed by atoms with Crippen molar-refractivity contribution < 1.29 is 18.0 Å². The first-order valence-electron chi connectivity index (χ1n) is 9.46. The van der Waals surface area contributed by atoms with E-state index in [4.69, 9.17) is 0 Å². The largest absolute Gasteiger partial charge is 0.354 e. The van der Waals surface area contributed by atoms with E-state index >= 15 is 0 Å². The molecular weight excluding hydrogens is 400 g/mol. The maximum absolute atomic E-state index is 13.2. The molecule has 1 aromatic rings. The number of carbonyl (C=O) groups excluding carboxylic acids is 2. The average molecular weight is 429 g/mol. The standard InChI is InChI=1S/C18H28N4O4S2/c1-12(2)17(23)19-8-16-18(24)22-9-13(20-28(3,25)26)7-14(22)10-21(16)11-15-5-4-6-27-15/h4-6,12-14,16,20H,7-11H2,1-3H3,(H,19,23)/t13-,14-,16-/m0/s1. The first-order valence-corrected chi connectivity index (χ1v) is 12.2. The molecule has 0 saturated carbocycles. The van der Waals surface area contributed by atoms with Gasteiger partial charge >= 0.3 is 0 Å². The highest BCUT2D eigenvalue weighted by Gasteiger charge is 2.45. The molecule has 10 heteroatoms. The van der Waals surface area contributed by atoms with Gasteiger partial charge in [0.1, 0.15) is 6.04 Å². The zero-order valence-corrected chi connectivity index (χ0v) is 18.1. The van der Waals surface area contributed by atoms with Crippen LogP contribution in [0.2, 0.25) is 0 Å². The molecule has 0 radical (unpaired) electrons. The highest BCUT2D eigenvalue weighted by atomic mass is 32.2. The van der Waals surface area contributed by atoms with Crippen LogP contribution >= 0.6 is 11.3 Å². The molecule has 1 aromatic heterocycles. The Kier molecular flexibility index (Phi) is 6.43. The summed E-state index contributed by atoms with van der Waals surface area (Å²) in [5.74, 6) is -0.272. The lowest BCUT2D eigenvalue weighted by Crippen LogP contribution is -2.62. The third-order valence-electron chi connectivity index (χ3n) is 5.18. The van der Waals surface area contributed by atoms with Crippen molar-refractivity contribution in [3.8, 4) is 0 Å². The van der Waals surface area contributed by atoms with Crippen molar-refractivity contribution in [2.24, 2.45) is 5.92 Å². The zero-order chi connectivity index (χ0) is 20.5. The fourth-order valence-corrected chi connectivity index (χ4v) is 5.39. The van der Waals surface area contributed by atoms with Crippen molar-refractivity contribution in [1.82, 2.24) is 19.8 Å². The van der Waals surface area contributed by atoms with Crippen LogP contribution in [0.4, 0.5) is 0 Å². The molecule has 3 rings (SSSR count). The normalized spacial score (nSPS) is 25.9. The summed E-state index contributed by atoms with van der Waals surface area (Å²) in [5.41, 5.74) is 0. The molecule has 2 amide bonds. The lowest BCUT2D eigenvalue weighted by Gasteiger charge is -2.42. The summed E-state index contributed by atoms with van der Waals surface area (Å²) >= 11 is 1.64. The molecule has 2 saturated heterocycles.